The molecule has 2 rings (SSSR count). The minimum atomic E-state index is 0.0153. The molecule has 1 aromatic rings. The molecule has 0 aromatic carbocycles. The molecule has 0 aliphatic carbocycles. The molecule has 0 saturated heterocycles. The minimum Gasteiger partial charge on any atom is -0.501 e. The van der Waals surface area contributed by atoms with Crippen LogP contribution in [0.4, 0.5) is 0 Å². The lowest BCUT2D eigenvalue weighted by molar-refractivity contribution is 0.101. The predicted molar refractivity (Wildman–Crippen MR) is 51.0 cm³/mol. The van der Waals surface area contributed by atoms with Crippen LogP contribution in [-0.4, -0.2) is 12.4 Å². The van der Waals surface area contributed by atoms with Gasteiger partial charge in [-0.15, -0.1) is 0 Å². The molecule has 0 fully saturated rings. The smallest absolute Gasteiger partial charge is 0.195 e. The van der Waals surface area contributed by atoms with Crippen molar-refractivity contribution in [1.82, 2.24) is 0 Å². The third kappa shape index (κ3) is 1.71. The first kappa shape index (κ1) is 9.06. The molecule has 0 bridgehead atoms. The van der Waals surface area contributed by atoms with Crippen LogP contribution < -0.4 is 0 Å². The van der Waals surface area contributed by atoms with Crippen LogP contribution in [0, 0.1) is 6.92 Å². The number of hydrogen-bond donors (Lipinski definition) is 0. The lowest BCUT2D eigenvalue weighted by Crippen LogP contribution is -2.08. The van der Waals surface area contributed by atoms with Gasteiger partial charge in [-0.25, -0.2) is 0 Å². The maximum atomic E-state index is 11.8. The SMILES string of the molecule is Cc1cc(C(=O)C2=COCCC2)co1. The Hall–Kier alpha value is -1.51. The van der Waals surface area contributed by atoms with E-state index in [9.17, 15) is 4.79 Å². The van der Waals surface area contributed by atoms with Crippen LogP contribution in [0.5, 0.6) is 0 Å². The van der Waals surface area contributed by atoms with Gasteiger partial charge in [-0.3, -0.25) is 4.79 Å². The molecule has 0 unspecified atom stereocenters. The number of Topliss-reactive ketones (excluding diaryl/α,β-unsaturated/α-hetero) is 1. The van der Waals surface area contributed by atoms with Crippen LogP contribution in [0.25, 0.3) is 0 Å². The Morgan fingerprint density at radius 3 is 2.93 bits per heavy atom. The van der Waals surface area contributed by atoms with E-state index in [1.54, 1.807) is 12.3 Å². The first-order valence-corrected chi connectivity index (χ1v) is 4.68. The third-order valence-electron chi connectivity index (χ3n) is 2.22. The molecule has 3 nitrogen and oxygen atoms in total. The number of carbonyl (C=O) groups is 1. The Bertz CT molecular complexity index is 374. The van der Waals surface area contributed by atoms with Crippen LogP contribution in [0.2, 0.25) is 0 Å². The molecule has 0 spiro atoms. The Morgan fingerprint density at radius 1 is 1.50 bits per heavy atom. The summed E-state index contributed by atoms with van der Waals surface area (Å²) < 4.78 is 10.2. The van der Waals surface area contributed by atoms with E-state index < -0.39 is 0 Å². The minimum absolute atomic E-state index is 0.0153. The van der Waals surface area contributed by atoms with Gasteiger partial charge in [-0.05, 0) is 25.8 Å². The maximum Gasteiger partial charge on any atom is 0.195 e. The molecule has 0 atom stereocenters. The summed E-state index contributed by atoms with van der Waals surface area (Å²) in [7, 11) is 0. The van der Waals surface area contributed by atoms with Crippen molar-refractivity contribution in [2.45, 2.75) is 19.8 Å². The van der Waals surface area contributed by atoms with Gasteiger partial charge in [-0.1, -0.05) is 0 Å². The number of aryl methyl sites for hydroxylation is 1. The van der Waals surface area contributed by atoms with E-state index in [0.29, 0.717) is 12.2 Å². The van der Waals surface area contributed by atoms with Gasteiger partial charge in [0, 0.05) is 5.57 Å². The number of ketones is 1. The highest BCUT2D eigenvalue weighted by atomic mass is 16.5. The Morgan fingerprint density at radius 2 is 2.36 bits per heavy atom. The lowest BCUT2D eigenvalue weighted by Gasteiger charge is -2.11. The molecule has 1 aromatic heterocycles. The second kappa shape index (κ2) is 3.70. The van der Waals surface area contributed by atoms with Crippen molar-refractivity contribution >= 4 is 5.78 Å². The zero-order chi connectivity index (χ0) is 9.97. The van der Waals surface area contributed by atoms with Crippen LogP contribution in [-0.2, 0) is 4.74 Å². The number of rotatable bonds is 2. The summed E-state index contributed by atoms with van der Waals surface area (Å²) >= 11 is 0. The molecule has 2 heterocycles. The summed E-state index contributed by atoms with van der Waals surface area (Å²) in [6.45, 7) is 2.53. The van der Waals surface area contributed by atoms with E-state index in [1.165, 1.54) is 6.26 Å². The molecule has 14 heavy (non-hydrogen) atoms. The van der Waals surface area contributed by atoms with Gasteiger partial charge < -0.3 is 9.15 Å². The van der Waals surface area contributed by atoms with E-state index >= 15 is 0 Å². The van der Waals surface area contributed by atoms with Crippen molar-refractivity contribution in [3.8, 4) is 0 Å². The predicted octanol–water partition coefficient (Wildman–Crippen LogP) is 2.47. The third-order valence-corrected chi connectivity index (χ3v) is 2.22. The summed E-state index contributed by atoms with van der Waals surface area (Å²) in [4.78, 5) is 11.8. The van der Waals surface area contributed by atoms with Crippen LogP contribution in [0.15, 0.2) is 28.6 Å². The lowest BCUT2D eigenvalue weighted by atomic mass is 10.0. The van der Waals surface area contributed by atoms with Gasteiger partial charge in [0.05, 0.1) is 18.4 Å². The first-order chi connectivity index (χ1) is 6.77. The summed E-state index contributed by atoms with van der Waals surface area (Å²) in [6.07, 6.45) is 4.76. The van der Waals surface area contributed by atoms with Gasteiger partial charge in [0.15, 0.2) is 5.78 Å². The second-order valence-electron chi connectivity index (χ2n) is 3.39. The number of ether oxygens (including phenoxy) is 1. The quantitative estimate of drug-likeness (QED) is 0.676. The van der Waals surface area contributed by atoms with Gasteiger partial charge >= 0.3 is 0 Å². The summed E-state index contributed by atoms with van der Waals surface area (Å²) in [5, 5.41) is 0. The maximum absolute atomic E-state index is 11.8. The molecule has 3 heteroatoms. The van der Waals surface area contributed by atoms with Gasteiger partial charge in [0.2, 0.25) is 0 Å². The molecule has 0 N–H and O–H groups in total. The van der Waals surface area contributed by atoms with Crippen molar-refractivity contribution in [3.05, 3.63) is 35.5 Å². The van der Waals surface area contributed by atoms with Crippen molar-refractivity contribution in [1.29, 1.82) is 0 Å². The standard InChI is InChI=1S/C11H12O3/c1-8-5-10(7-14-8)11(12)9-3-2-4-13-6-9/h5-7H,2-4H2,1H3. The fourth-order valence-electron chi connectivity index (χ4n) is 1.48. The zero-order valence-corrected chi connectivity index (χ0v) is 8.08. The average Bonchev–Trinajstić information content (AvgIpc) is 2.65. The molecule has 1 aliphatic heterocycles. The molecule has 74 valence electrons. The summed E-state index contributed by atoms with van der Waals surface area (Å²) in [6, 6.07) is 1.75. The summed E-state index contributed by atoms with van der Waals surface area (Å²) in [5.74, 6) is 0.771. The fourth-order valence-corrected chi connectivity index (χ4v) is 1.48. The molecule has 1 aliphatic rings. The van der Waals surface area contributed by atoms with Gasteiger partial charge in [-0.2, -0.15) is 0 Å². The topological polar surface area (TPSA) is 39.4 Å². The Labute approximate surface area is 82.4 Å². The van der Waals surface area contributed by atoms with Crippen molar-refractivity contribution in [2.75, 3.05) is 6.61 Å². The van der Waals surface area contributed by atoms with Crippen molar-refractivity contribution < 1.29 is 13.9 Å². The van der Waals surface area contributed by atoms with Crippen molar-refractivity contribution in [2.24, 2.45) is 0 Å². The number of hydrogen-bond acceptors (Lipinski definition) is 3. The average molecular weight is 192 g/mol. The zero-order valence-electron chi connectivity index (χ0n) is 8.08. The van der Waals surface area contributed by atoms with Crippen LogP contribution >= 0.6 is 0 Å². The Kier molecular flexibility index (Phi) is 2.39. The van der Waals surface area contributed by atoms with E-state index in [2.05, 4.69) is 0 Å². The van der Waals surface area contributed by atoms with Crippen LogP contribution in [0.1, 0.15) is 29.0 Å². The summed E-state index contributed by atoms with van der Waals surface area (Å²) in [5.41, 5.74) is 1.34. The highest BCUT2D eigenvalue weighted by molar-refractivity contribution is 6.08. The fraction of sp³-hybridized carbons (Fsp3) is 0.364. The number of furan rings is 1. The van der Waals surface area contributed by atoms with Gasteiger partial charge in [0.25, 0.3) is 0 Å². The molecule has 0 saturated carbocycles. The van der Waals surface area contributed by atoms with E-state index in [1.807, 2.05) is 6.92 Å². The van der Waals surface area contributed by atoms with E-state index in [0.717, 1.165) is 24.2 Å². The largest absolute Gasteiger partial charge is 0.501 e. The van der Waals surface area contributed by atoms with Crippen molar-refractivity contribution in [3.63, 3.8) is 0 Å². The molecular formula is C11H12O3. The van der Waals surface area contributed by atoms with E-state index in [4.69, 9.17) is 9.15 Å². The van der Waals surface area contributed by atoms with E-state index in [-0.39, 0.29) is 5.78 Å². The monoisotopic (exact) mass is 192 g/mol. The molecule has 0 amide bonds. The molecular weight excluding hydrogens is 180 g/mol. The molecule has 0 radical (unpaired) electrons. The first-order valence-electron chi connectivity index (χ1n) is 4.68. The highest BCUT2D eigenvalue weighted by Crippen LogP contribution is 2.18. The van der Waals surface area contributed by atoms with Crippen LogP contribution in [0.3, 0.4) is 0 Å². The normalized spacial score (nSPS) is 15.9. The Balaban J connectivity index is 2.19. The number of allylic oxidation sites excluding steroid dienone is 1. The highest BCUT2D eigenvalue weighted by Gasteiger charge is 2.16. The van der Waals surface area contributed by atoms with Gasteiger partial charge in [0.1, 0.15) is 12.0 Å². The second-order valence-corrected chi connectivity index (χ2v) is 3.39. The number of carbonyl (C=O) groups excluding carboxylic acids is 1.